The lowest BCUT2D eigenvalue weighted by Gasteiger charge is -2.43. The summed E-state index contributed by atoms with van der Waals surface area (Å²) in [5.41, 5.74) is 7.41. The van der Waals surface area contributed by atoms with Gasteiger partial charge in [-0.1, -0.05) is 18.2 Å². The van der Waals surface area contributed by atoms with E-state index in [0.717, 1.165) is 4.47 Å². The number of para-hydroxylation sites is 1. The van der Waals surface area contributed by atoms with Crippen molar-refractivity contribution < 1.29 is 9.59 Å². The van der Waals surface area contributed by atoms with Crippen LogP contribution in [0.25, 0.3) is 0 Å². The molecule has 154 valence electrons. The van der Waals surface area contributed by atoms with Crippen molar-refractivity contribution >= 4 is 39.1 Å². The van der Waals surface area contributed by atoms with Crippen LogP contribution >= 0.6 is 15.9 Å². The molecule has 0 saturated carbocycles. The molecule has 0 radical (unpaired) electrons. The molecule has 1 aromatic heterocycles. The van der Waals surface area contributed by atoms with E-state index in [9.17, 15) is 14.9 Å². The molecule has 0 fully saturated rings. The molecule has 1 amide bonds. The van der Waals surface area contributed by atoms with Gasteiger partial charge in [-0.2, -0.15) is 5.26 Å². The van der Waals surface area contributed by atoms with Crippen molar-refractivity contribution in [1.29, 1.82) is 5.26 Å². The van der Waals surface area contributed by atoms with Crippen molar-refractivity contribution in [3.8, 4) is 6.07 Å². The van der Waals surface area contributed by atoms with E-state index >= 15 is 0 Å². The normalized spacial score (nSPS) is 22.7. The van der Waals surface area contributed by atoms with E-state index in [2.05, 4.69) is 27.0 Å². The van der Waals surface area contributed by atoms with Crippen LogP contribution in [-0.4, -0.2) is 23.7 Å². The number of allylic oxidation sites excluding steroid dienone is 1. The van der Waals surface area contributed by atoms with E-state index in [4.69, 9.17) is 5.73 Å². The van der Waals surface area contributed by atoms with E-state index in [0.29, 0.717) is 47.6 Å². The summed E-state index contributed by atoms with van der Waals surface area (Å²) >= 11 is 3.38. The van der Waals surface area contributed by atoms with E-state index in [-0.39, 0.29) is 23.1 Å². The zero-order valence-corrected chi connectivity index (χ0v) is 18.3. The summed E-state index contributed by atoms with van der Waals surface area (Å²) in [7, 11) is 1.66. The molecule has 3 aliphatic rings. The van der Waals surface area contributed by atoms with Crippen molar-refractivity contribution in [2.24, 2.45) is 5.73 Å². The number of pyridine rings is 1. The predicted molar refractivity (Wildman–Crippen MR) is 119 cm³/mol. The Morgan fingerprint density at radius 3 is 2.68 bits per heavy atom. The van der Waals surface area contributed by atoms with E-state index in [1.165, 1.54) is 4.90 Å². The number of Topliss-reactive ketones (excluding diaryl/α,β-unsaturated/α-hetero) is 1. The van der Waals surface area contributed by atoms with Gasteiger partial charge in [0.15, 0.2) is 5.78 Å². The molecular formula is C23H18BrN5O2. The number of benzene rings is 1. The third kappa shape index (κ3) is 2.41. The molecule has 1 spiro atoms. The number of nitrogens with two attached hydrogens (primary N) is 1. The number of anilines is 2. The van der Waals surface area contributed by atoms with Gasteiger partial charge in [0, 0.05) is 46.7 Å². The van der Waals surface area contributed by atoms with Gasteiger partial charge in [0.25, 0.3) is 0 Å². The number of hydrogen-bond acceptors (Lipinski definition) is 6. The molecule has 0 bridgehead atoms. The number of rotatable bonds is 1. The van der Waals surface area contributed by atoms with Crippen molar-refractivity contribution in [2.45, 2.75) is 24.7 Å². The van der Waals surface area contributed by atoms with Crippen LogP contribution in [0.4, 0.5) is 11.5 Å². The molecule has 2 aromatic rings. The van der Waals surface area contributed by atoms with Crippen molar-refractivity contribution in [1.82, 2.24) is 4.98 Å². The molecule has 1 atom stereocenters. The van der Waals surface area contributed by atoms with Crippen LogP contribution in [0.1, 0.15) is 24.8 Å². The highest BCUT2D eigenvalue weighted by molar-refractivity contribution is 9.10. The Balaban J connectivity index is 1.89. The highest BCUT2D eigenvalue weighted by Crippen LogP contribution is 2.56. The molecule has 0 saturated heterocycles. The minimum Gasteiger partial charge on any atom is -0.384 e. The first kappa shape index (κ1) is 19.5. The summed E-state index contributed by atoms with van der Waals surface area (Å²) in [6.45, 7) is 0. The molecule has 7 nitrogen and oxygen atoms in total. The number of amides is 1. The van der Waals surface area contributed by atoms with Crippen molar-refractivity contribution in [2.75, 3.05) is 16.8 Å². The summed E-state index contributed by atoms with van der Waals surface area (Å²) < 4.78 is 0.795. The molecular weight excluding hydrogens is 458 g/mol. The first-order valence-electron chi connectivity index (χ1n) is 9.89. The Bertz CT molecular complexity index is 1260. The van der Waals surface area contributed by atoms with Crippen LogP contribution < -0.4 is 15.5 Å². The summed E-state index contributed by atoms with van der Waals surface area (Å²) in [6, 6.07) is 13.0. The first-order valence-corrected chi connectivity index (χ1v) is 10.7. The Hall–Kier alpha value is -3.44. The zero-order valence-electron chi connectivity index (χ0n) is 16.7. The maximum Gasteiger partial charge on any atom is 0.247 e. The Morgan fingerprint density at radius 1 is 1.19 bits per heavy atom. The van der Waals surface area contributed by atoms with Crippen LogP contribution in [0.2, 0.25) is 0 Å². The summed E-state index contributed by atoms with van der Waals surface area (Å²) in [5.74, 6) is 0.156. The fourth-order valence-corrected chi connectivity index (χ4v) is 5.23. The molecule has 0 unspecified atom stereocenters. The van der Waals surface area contributed by atoms with Gasteiger partial charge in [0.1, 0.15) is 23.1 Å². The van der Waals surface area contributed by atoms with Crippen molar-refractivity contribution in [3.05, 3.63) is 75.3 Å². The Labute approximate surface area is 187 Å². The van der Waals surface area contributed by atoms with Gasteiger partial charge < -0.3 is 10.6 Å². The van der Waals surface area contributed by atoms with E-state index < -0.39 is 5.41 Å². The number of carbonyl (C=O) groups is 2. The van der Waals surface area contributed by atoms with Crippen molar-refractivity contribution in [3.63, 3.8) is 0 Å². The summed E-state index contributed by atoms with van der Waals surface area (Å²) in [5, 5.41) is 10.3. The molecule has 31 heavy (non-hydrogen) atoms. The molecule has 2 aliphatic heterocycles. The van der Waals surface area contributed by atoms with Crippen LogP contribution in [0.15, 0.2) is 69.7 Å². The molecule has 1 aromatic carbocycles. The number of nitrogens with zero attached hydrogens (tertiary/aromatic N) is 4. The van der Waals surface area contributed by atoms with Gasteiger partial charge in [-0.3, -0.25) is 14.5 Å². The smallest absolute Gasteiger partial charge is 0.247 e. The second kappa shape index (κ2) is 6.79. The monoisotopic (exact) mass is 475 g/mol. The molecule has 2 N–H and O–H groups in total. The van der Waals surface area contributed by atoms with Crippen LogP contribution in [0.5, 0.6) is 0 Å². The van der Waals surface area contributed by atoms with Gasteiger partial charge in [0.2, 0.25) is 5.91 Å². The van der Waals surface area contributed by atoms with E-state index in [1.54, 1.807) is 30.3 Å². The van der Waals surface area contributed by atoms with Crippen LogP contribution in [0.3, 0.4) is 0 Å². The fourth-order valence-electron chi connectivity index (χ4n) is 5.00. The molecule has 1 aliphatic carbocycles. The number of nitriles is 1. The maximum atomic E-state index is 13.8. The number of ketones is 1. The highest BCUT2D eigenvalue weighted by atomic mass is 79.9. The zero-order chi connectivity index (χ0) is 21.9. The van der Waals surface area contributed by atoms with Gasteiger partial charge in [-0.25, -0.2) is 4.98 Å². The number of carbonyl (C=O) groups excluding carboxylic acids is 2. The number of aromatic nitrogens is 1. The summed E-state index contributed by atoms with van der Waals surface area (Å²) in [6.07, 6.45) is 3.15. The number of fused-ring (bicyclic) bond motifs is 3. The third-order valence-corrected chi connectivity index (χ3v) is 6.72. The maximum absolute atomic E-state index is 13.8. The Kier molecular flexibility index (Phi) is 4.27. The van der Waals surface area contributed by atoms with Gasteiger partial charge in [-0.15, -0.1) is 0 Å². The first-order chi connectivity index (χ1) is 14.9. The highest BCUT2D eigenvalue weighted by Gasteiger charge is 2.61. The van der Waals surface area contributed by atoms with E-state index in [1.807, 2.05) is 24.3 Å². The summed E-state index contributed by atoms with van der Waals surface area (Å²) in [4.78, 5) is 34.8. The molecule has 8 heteroatoms. The lowest BCUT2D eigenvalue weighted by atomic mass is 9.64. The minimum absolute atomic E-state index is 0.0630. The molecule has 5 rings (SSSR count). The van der Waals surface area contributed by atoms with Gasteiger partial charge >= 0.3 is 0 Å². The minimum atomic E-state index is -1.52. The lowest BCUT2D eigenvalue weighted by molar-refractivity contribution is -0.124. The molecule has 3 heterocycles. The average Bonchev–Trinajstić information content (AvgIpc) is 2.98. The second-order valence-electron chi connectivity index (χ2n) is 7.77. The number of halogens is 1. The van der Waals surface area contributed by atoms with Gasteiger partial charge in [-0.05, 0) is 47.0 Å². The largest absolute Gasteiger partial charge is 0.384 e. The number of likely N-dealkylation sites (N-methyl/N-ethyl adjacent to an activating group) is 1. The third-order valence-electron chi connectivity index (χ3n) is 6.25. The number of hydrogen-bond donors (Lipinski definition) is 1. The average molecular weight is 476 g/mol. The quantitative estimate of drug-likeness (QED) is 0.678. The lowest BCUT2D eigenvalue weighted by Crippen LogP contribution is -2.52. The van der Waals surface area contributed by atoms with Gasteiger partial charge in [0.05, 0.1) is 5.57 Å². The fraction of sp³-hybridized carbons (Fsp3) is 0.217. The second-order valence-corrected chi connectivity index (χ2v) is 8.69. The predicted octanol–water partition coefficient (Wildman–Crippen LogP) is 3.28. The topological polar surface area (TPSA) is 103 Å². The van der Waals surface area contributed by atoms with Crippen LogP contribution in [-0.2, 0) is 15.0 Å². The Morgan fingerprint density at radius 2 is 1.97 bits per heavy atom. The van der Waals surface area contributed by atoms with Crippen LogP contribution in [0, 0.1) is 11.3 Å². The standard InChI is InChI=1S/C23H18BrN5O2/c1-28-16-6-3-2-5-14(16)23(22(28)31)15(11-25)21(26)29(19-10-9-13(24)12-27-19)17-7-4-8-18(30)20(17)23/h2-3,5-6,9-10,12H,4,7-8,26H2,1H3/t23-/m0/s1. The SMILES string of the molecule is CN1C(=O)[C@]2(C(C#N)=C(N)N(c3ccc(Br)cn3)C3=C2C(=O)CCC3)c2ccccc21.